The van der Waals surface area contributed by atoms with Gasteiger partial charge in [-0.1, -0.05) is 0 Å². The van der Waals surface area contributed by atoms with Gasteiger partial charge in [0.05, 0.1) is 5.60 Å². The monoisotopic (exact) mass is 265 g/mol. The third-order valence-corrected chi connectivity index (χ3v) is 2.80. The maximum absolute atomic E-state index is 11.5. The van der Waals surface area contributed by atoms with E-state index in [9.17, 15) is 4.79 Å². The van der Waals surface area contributed by atoms with Gasteiger partial charge in [0.2, 0.25) is 0 Å². The molecule has 0 saturated carbocycles. The topological polar surface area (TPSA) is 84.3 Å². The molecule has 2 N–H and O–H groups in total. The highest BCUT2D eigenvalue weighted by atomic mass is 16.5. The van der Waals surface area contributed by atoms with E-state index in [1.807, 2.05) is 20.8 Å². The first-order valence-electron chi connectivity index (χ1n) is 6.25. The van der Waals surface area contributed by atoms with Crippen LogP contribution < -0.4 is 11.0 Å². The zero-order valence-electron chi connectivity index (χ0n) is 11.6. The molecule has 2 aromatic rings. The predicted molar refractivity (Wildman–Crippen MR) is 72.5 cm³/mol. The van der Waals surface area contributed by atoms with Crippen LogP contribution in [0.3, 0.4) is 0 Å². The number of nitrogens with zero attached hydrogens (tertiary/aromatic N) is 3. The Morgan fingerprint density at radius 2 is 2.26 bits per heavy atom. The Balaban J connectivity index is 2.20. The lowest BCUT2D eigenvalue weighted by molar-refractivity contribution is 0.000638. The molecule has 0 aliphatic carbocycles. The van der Waals surface area contributed by atoms with Crippen LogP contribution in [0.1, 0.15) is 26.6 Å². The van der Waals surface area contributed by atoms with Crippen LogP contribution in [-0.2, 0) is 4.74 Å². The summed E-state index contributed by atoms with van der Waals surface area (Å²) >= 11 is 0. The summed E-state index contributed by atoms with van der Waals surface area (Å²) < 4.78 is 7.04. The van der Waals surface area contributed by atoms with Crippen molar-refractivity contribution < 1.29 is 4.74 Å². The fourth-order valence-corrected chi connectivity index (χ4v) is 1.93. The van der Waals surface area contributed by atoms with Gasteiger partial charge in [0, 0.05) is 19.2 Å². The van der Waals surface area contributed by atoms with E-state index in [4.69, 9.17) is 4.74 Å². The first-order chi connectivity index (χ1) is 8.93. The average molecular weight is 265 g/mol. The zero-order chi connectivity index (χ0) is 14.0. The van der Waals surface area contributed by atoms with E-state index in [2.05, 4.69) is 20.5 Å². The van der Waals surface area contributed by atoms with Gasteiger partial charge in [-0.2, -0.15) is 5.10 Å². The number of ether oxygens (including phenoxy) is 1. The molecule has 0 aromatic carbocycles. The normalized spacial score (nSPS) is 12.0. The molecule has 104 valence electrons. The highest BCUT2D eigenvalue weighted by Gasteiger charge is 2.17. The van der Waals surface area contributed by atoms with Crippen molar-refractivity contribution in [3.63, 3.8) is 0 Å². The van der Waals surface area contributed by atoms with Crippen molar-refractivity contribution in [2.45, 2.75) is 33.3 Å². The zero-order valence-corrected chi connectivity index (χ0v) is 11.6. The summed E-state index contributed by atoms with van der Waals surface area (Å²) in [5, 5.41) is 9.54. The van der Waals surface area contributed by atoms with Crippen LogP contribution >= 0.6 is 0 Å². The first kappa shape index (κ1) is 13.5. The number of nitrogens with one attached hydrogen (secondary N) is 2. The number of hydrogen-bond donors (Lipinski definition) is 2. The molecule has 0 aliphatic rings. The van der Waals surface area contributed by atoms with E-state index < -0.39 is 0 Å². The summed E-state index contributed by atoms with van der Waals surface area (Å²) in [7, 11) is 0. The Bertz CT molecular complexity index is 629. The van der Waals surface area contributed by atoms with Gasteiger partial charge in [-0.15, -0.1) is 0 Å². The van der Waals surface area contributed by atoms with Crippen LogP contribution in [-0.4, -0.2) is 38.3 Å². The van der Waals surface area contributed by atoms with Crippen molar-refractivity contribution in [2.75, 3.05) is 18.5 Å². The minimum absolute atomic E-state index is 0.276. The Labute approximate surface area is 111 Å². The molecule has 0 radical (unpaired) electrons. The summed E-state index contributed by atoms with van der Waals surface area (Å²) in [6.45, 7) is 9.03. The van der Waals surface area contributed by atoms with E-state index in [1.54, 1.807) is 13.0 Å². The molecule has 2 heterocycles. The maximum Gasteiger partial charge on any atom is 0.349 e. The van der Waals surface area contributed by atoms with E-state index in [0.717, 1.165) is 0 Å². The molecule has 0 unspecified atom stereocenters. The smallest absolute Gasteiger partial charge is 0.349 e. The second-order valence-electron chi connectivity index (χ2n) is 4.96. The lowest BCUT2D eigenvalue weighted by Crippen LogP contribution is -2.33. The Hall–Kier alpha value is -1.89. The Morgan fingerprint density at radius 1 is 1.53 bits per heavy atom. The van der Waals surface area contributed by atoms with Crippen molar-refractivity contribution in [3.8, 4) is 0 Å². The largest absolute Gasteiger partial charge is 0.374 e. The molecule has 2 rings (SSSR count). The predicted octanol–water partition coefficient (Wildman–Crippen LogP) is 0.953. The van der Waals surface area contributed by atoms with Crippen molar-refractivity contribution >= 4 is 11.5 Å². The maximum atomic E-state index is 11.5. The van der Waals surface area contributed by atoms with Crippen molar-refractivity contribution in [2.24, 2.45) is 0 Å². The highest BCUT2D eigenvalue weighted by molar-refractivity contribution is 5.49. The molecule has 0 fully saturated rings. The third-order valence-electron chi connectivity index (χ3n) is 2.80. The number of aromatic amines is 1. The van der Waals surface area contributed by atoms with Gasteiger partial charge in [-0.05, 0) is 27.7 Å². The van der Waals surface area contributed by atoms with Gasteiger partial charge in [0.1, 0.15) is 11.6 Å². The fourth-order valence-electron chi connectivity index (χ4n) is 1.93. The van der Waals surface area contributed by atoms with Crippen LogP contribution in [0.25, 0.3) is 5.65 Å². The molecule has 0 bridgehead atoms. The van der Waals surface area contributed by atoms with Gasteiger partial charge in [0.25, 0.3) is 0 Å². The molecule has 7 nitrogen and oxygen atoms in total. The Morgan fingerprint density at radius 3 is 2.95 bits per heavy atom. The number of aryl methyl sites for hydroxylation is 1. The molecular formula is C12H19N5O2. The summed E-state index contributed by atoms with van der Waals surface area (Å²) in [5.41, 5.74) is -0.00256. The molecular weight excluding hydrogens is 246 g/mol. The van der Waals surface area contributed by atoms with E-state index in [1.165, 1.54) is 4.40 Å². The van der Waals surface area contributed by atoms with E-state index >= 15 is 0 Å². The molecule has 2 aromatic heterocycles. The fraction of sp³-hybridized carbons (Fsp3) is 0.583. The van der Waals surface area contributed by atoms with Gasteiger partial charge >= 0.3 is 5.69 Å². The minimum Gasteiger partial charge on any atom is -0.374 e. The summed E-state index contributed by atoms with van der Waals surface area (Å²) in [6.07, 6.45) is 0. The Kier molecular flexibility index (Phi) is 3.57. The van der Waals surface area contributed by atoms with Crippen molar-refractivity contribution in [1.82, 2.24) is 19.6 Å². The number of rotatable bonds is 5. The average Bonchev–Trinajstić information content (AvgIpc) is 2.69. The molecule has 19 heavy (non-hydrogen) atoms. The minimum atomic E-state index is -0.277. The van der Waals surface area contributed by atoms with Crippen LogP contribution in [0, 0.1) is 6.92 Å². The van der Waals surface area contributed by atoms with Gasteiger partial charge < -0.3 is 10.1 Å². The number of H-pyrrole nitrogens is 1. The van der Waals surface area contributed by atoms with Gasteiger partial charge in [0.15, 0.2) is 5.65 Å². The van der Waals surface area contributed by atoms with Crippen LogP contribution in [0.5, 0.6) is 0 Å². The SMILES string of the molecule is CCOC(C)(C)CNc1cc2n[nH]c(=O)n2c(C)n1. The summed E-state index contributed by atoms with van der Waals surface area (Å²) in [6, 6.07) is 1.73. The third kappa shape index (κ3) is 2.93. The molecule has 0 saturated heterocycles. The quantitative estimate of drug-likeness (QED) is 0.841. The van der Waals surface area contributed by atoms with Gasteiger partial charge in [-0.3, -0.25) is 0 Å². The van der Waals surface area contributed by atoms with Gasteiger partial charge in [-0.25, -0.2) is 19.3 Å². The number of hydrogen-bond acceptors (Lipinski definition) is 5. The molecule has 0 aliphatic heterocycles. The highest BCUT2D eigenvalue weighted by Crippen LogP contribution is 2.12. The number of aromatic nitrogens is 4. The van der Waals surface area contributed by atoms with Crippen molar-refractivity contribution in [3.05, 3.63) is 22.4 Å². The second-order valence-corrected chi connectivity index (χ2v) is 4.96. The standard InChI is InChI=1S/C12H19N5O2/c1-5-19-12(3,4)7-13-9-6-10-15-16-11(18)17(10)8(2)14-9/h6,13H,5,7H2,1-4H3,(H,16,18). The van der Waals surface area contributed by atoms with Crippen LogP contribution in [0.2, 0.25) is 0 Å². The summed E-state index contributed by atoms with van der Waals surface area (Å²) in [4.78, 5) is 15.8. The van der Waals surface area contributed by atoms with Crippen LogP contribution in [0.15, 0.2) is 10.9 Å². The first-order valence-corrected chi connectivity index (χ1v) is 6.25. The molecule has 0 spiro atoms. The molecule has 0 amide bonds. The van der Waals surface area contributed by atoms with E-state index in [-0.39, 0.29) is 11.3 Å². The molecule has 7 heteroatoms. The second kappa shape index (κ2) is 5.00. The summed E-state index contributed by atoms with van der Waals surface area (Å²) in [5.74, 6) is 1.27. The lowest BCUT2D eigenvalue weighted by Gasteiger charge is -2.25. The van der Waals surface area contributed by atoms with Crippen molar-refractivity contribution in [1.29, 1.82) is 0 Å². The number of anilines is 1. The van der Waals surface area contributed by atoms with E-state index in [0.29, 0.717) is 30.4 Å². The van der Waals surface area contributed by atoms with Crippen LogP contribution in [0.4, 0.5) is 5.82 Å². The lowest BCUT2D eigenvalue weighted by atomic mass is 10.1. The number of fused-ring (bicyclic) bond motifs is 1. The molecule has 0 atom stereocenters.